The second kappa shape index (κ2) is 11.4. The fourth-order valence-corrected chi connectivity index (χ4v) is 10.6. The molecule has 3 heteroatoms. The zero-order valence-electron chi connectivity index (χ0n) is 24.5. The molecular weight excluding hydrogens is 426 g/mol. The van der Waals surface area contributed by atoms with E-state index in [2.05, 4.69) is 110 Å². The second-order valence-corrected chi connectivity index (χ2v) is 16.5. The summed E-state index contributed by atoms with van der Waals surface area (Å²) in [7, 11) is -1.75. The first-order chi connectivity index (χ1) is 15.5. The molecule has 1 aliphatic carbocycles. The van der Waals surface area contributed by atoms with Gasteiger partial charge >= 0.3 is 37.7 Å². The molecule has 1 fully saturated rings. The molecule has 0 bridgehead atoms. The van der Waals surface area contributed by atoms with E-state index in [9.17, 15) is 0 Å². The number of hydrogen-bond donors (Lipinski definition) is 0. The summed E-state index contributed by atoms with van der Waals surface area (Å²) in [6.45, 7) is 21.9. The van der Waals surface area contributed by atoms with Gasteiger partial charge in [0.05, 0.1) is 0 Å². The summed E-state index contributed by atoms with van der Waals surface area (Å²) in [5.74, 6) is 2.14. The summed E-state index contributed by atoms with van der Waals surface area (Å²) in [6, 6.07) is 18.9. The van der Waals surface area contributed by atoms with Gasteiger partial charge in [0.2, 0.25) is 0 Å². The SMILES string of the molecule is Cc1c([Si](C)(C)c2c[cH-]c([C@@H]3C[C@H](C)CC[C@H]3C(C)(C)c3ccccc3)c2)c(C)[c-](C)c1C.[Li+].[Li+]. The molecule has 0 N–H and O–H groups in total. The molecule has 3 aromatic carbocycles. The molecule has 0 nitrogen and oxygen atoms in total. The summed E-state index contributed by atoms with van der Waals surface area (Å²) in [6.07, 6.45) is 4.00. The summed E-state index contributed by atoms with van der Waals surface area (Å²) in [4.78, 5) is 0. The predicted octanol–water partition coefficient (Wildman–Crippen LogP) is 1.69. The van der Waals surface area contributed by atoms with E-state index in [0.717, 1.165) is 5.92 Å². The van der Waals surface area contributed by atoms with Gasteiger partial charge in [-0.05, 0) is 49.6 Å². The van der Waals surface area contributed by atoms with Crippen LogP contribution in [-0.4, -0.2) is 8.07 Å². The van der Waals surface area contributed by atoms with Crippen molar-refractivity contribution in [3.63, 3.8) is 0 Å². The van der Waals surface area contributed by atoms with Gasteiger partial charge in [-0.3, -0.25) is 0 Å². The summed E-state index contributed by atoms with van der Waals surface area (Å²) in [5.41, 5.74) is 9.36. The predicted molar refractivity (Wildman–Crippen MR) is 148 cm³/mol. The van der Waals surface area contributed by atoms with Gasteiger partial charge in [0, 0.05) is 0 Å². The Bertz CT molecular complexity index is 1090. The third kappa shape index (κ3) is 5.47. The van der Waals surface area contributed by atoms with Gasteiger partial charge in [-0.25, -0.2) is 16.4 Å². The molecule has 0 heterocycles. The van der Waals surface area contributed by atoms with Crippen LogP contribution in [-0.2, 0) is 5.41 Å². The summed E-state index contributed by atoms with van der Waals surface area (Å²) >= 11 is 0. The van der Waals surface area contributed by atoms with Crippen LogP contribution < -0.4 is 48.1 Å². The van der Waals surface area contributed by atoms with Gasteiger partial charge < -0.3 is 0 Å². The van der Waals surface area contributed by atoms with E-state index >= 15 is 0 Å². The van der Waals surface area contributed by atoms with Crippen LogP contribution in [0.4, 0.5) is 0 Å². The standard InChI is InChI=1S/C32H44Si.2Li/c1-21-15-18-30(32(6,7)27-13-11-10-12-14-27)29(19-21)26-16-17-28(20-26)33(8,9)31-24(4)22(2)23(3)25(31)5;;/h10-14,16-17,20-21,29-30H,15,18-19H2,1-9H3;;/q-2;2*+1/t21-,29+,30-;;/m1../s1. The third-order valence-corrected chi connectivity index (χ3v) is 13.3. The van der Waals surface area contributed by atoms with Crippen molar-refractivity contribution in [3.8, 4) is 0 Å². The van der Waals surface area contributed by atoms with Crippen LogP contribution in [0.15, 0.2) is 48.5 Å². The maximum Gasteiger partial charge on any atom is 1.00 e. The Labute approximate surface area is 240 Å². The summed E-state index contributed by atoms with van der Waals surface area (Å²) in [5, 5.41) is 3.29. The molecular formula is C32H44Li2Si. The maximum atomic E-state index is 2.62. The van der Waals surface area contributed by atoms with Gasteiger partial charge in [-0.15, -0.1) is 0 Å². The minimum absolute atomic E-state index is 0. The van der Waals surface area contributed by atoms with Gasteiger partial charge in [0.1, 0.15) is 0 Å². The Kier molecular flexibility index (Phi) is 9.94. The summed E-state index contributed by atoms with van der Waals surface area (Å²) < 4.78 is 0. The monoisotopic (exact) mass is 470 g/mol. The van der Waals surface area contributed by atoms with Crippen molar-refractivity contribution in [1.82, 2.24) is 0 Å². The zero-order valence-corrected chi connectivity index (χ0v) is 25.5. The molecule has 0 spiro atoms. The molecule has 0 saturated heterocycles. The van der Waals surface area contributed by atoms with Crippen molar-refractivity contribution in [3.05, 3.63) is 81.9 Å². The number of hydrogen-bond acceptors (Lipinski definition) is 0. The molecule has 3 atom stereocenters. The molecule has 3 aromatic rings. The first-order valence-electron chi connectivity index (χ1n) is 13.0. The average molecular weight is 471 g/mol. The van der Waals surface area contributed by atoms with Crippen molar-refractivity contribution >= 4 is 18.4 Å². The fourth-order valence-electron chi connectivity index (χ4n) is 7.08. The van der Waals surface area contributed by atoms with Crippen molar-refractivity contribution in [2.45, 2.75) is 92.2 Å². The van der Waals surface area contributed by atoms with Crippen LogP contribution in [0.3, 0.4) is 0 Å². The second-order valence-electron chi connectivity index (χ2n) is 12.2. The minimum atomic E-state index is -1.75. The van der Waals surface area contributed by atoms with E-state index in [1.807, 2.05) is 0 Å². The van der Waals surface area contributed by atoms with E-state index < -0.39 is 8.07 Å². The number of benzene rings is 1. The van der Waals surface area contributed by atoms with Crippen LogP contribution in [0.2, 0.25) is 13.1 Å². The Morgan fingerprint density at radius 2 is 1.60 bits per heavy atom. The van der Waals surface area contributed by atoms with Crippen molar-refractivity contribution in [1.29, 1.82) is 0 Å². The first kappa shape index (κ1) is 30.6. The average Bonchev–Trinajstić information content (AvgIpc) is 3.35. The molecule has 0 radical (unpaired) electrons. The Balaban J connectivity index is 0.00000216. The van der Waals surface area contributed by atoms with Crippen LogP contribution in [0.5, 0.6) is 0 Å². The molecule has 0 aromatic heterocycles. The molecule has 0 unspecified atom stereocenters. The Morgan fingerprint density at radius 1 is 0.971 bits per heavy atom. The van der Waals surface area contributed by atoms with E-state index in [-0.39, 0.29) is 43.1 Å². The van der Waals surface area contributed by atoms with Crippen LogP contribution in [0.25, 0.3) is 0 Å². The quantitative estimate of drug-likeness (QED) is 0.393. The molecule has 1 saturated carbocycles. The van der Waals surface area contributed by atoms with E-state index in [0.29, 0.717) is 11.8 Å². The van der Waals surface area contributed by atoms with Crippen LogP contribution >= 0.6 is 0 Å². The van der Waals surface area contributed by atoms with Gasteiger partial charge in [-0.2, -0.15) is 39.9 Å². The Morgan fingerprint density at radius 3 is 2.17 bits per heavy atom. The van der Waals surface area contributed by atoms with Crippen molar-refractivity contribution in [2.75, 3.05) is 0 Å². The topological polar surface area (TPSA) is 0 Å². The van der Waals surface area contributed by atoms with Crippen LogP contribution in [0.1, 0.15) is 79.3 Å². The largest absolute Gasteiger partial charge is 1.00 e. The Hall–Kier alpha value is -0.668. The molecule has 35 heavy (non-hydrogen) atoms. The van der Waals surface area contributed by atoms with E-state index in [1.54, 1.807) is 27.1 Å². The molecule has 1 aliphatic rings. The zero-order chi connectivity index (χ0) is 24.1. The first-order valence-corrected chi connectivity index (χ1v) is 16.0. The molecule has 178 valence electrons. The third-order valence-electron chi connectivity index (χ3n) is 9.55. The van der Waals surface area contributed by atoms with Crippen molar-refractivity contribution < 1.29 is 37.7 Å². The van der Waals surface area contributed by atoms with E-state index in [1.165, 1.54) is 36.0 Å². The van der Waals surface area contributed by atoms with E-state index in [4.69, 9.17) is 0 Å². The molecule has 4 rings (SSSR count). The molecule has 0 amide bonds. The normalized spacial score (nSPS) is 20.8. The van der Waals surface area contributed by atoms with Gasteiger partial charge in [0.15, 0.2) is 0 Å². The minimum Gasteiger partial charge on any atom is -0.210 e. The fraction of sp³-hybridized carbons (Fsp3) is 0.500. The van der Waals surface area contributed by atoms with Crippen LogP contribution in [0, 0.1) is 39.5 Å². The van der Waals surface area contributed by atoms with Gasteiger partial charge in [0.25, 0.3) is 0 Å². The number of rotatable bonds is 5. The molecule has 0 aliphatic heterocycles. The maximum absolute atomic E-state index is 2.62. The smallest absolute Gasteiger partial charge is 0.210 e. The van der Waals surface area contributed by atoms with Gasteiger partial charge in [-0.1, -0.05) is 98.3 Å². The van der Waals surface area contributed by atoms with Crippen molar-refractivity contribution in [2.24, 2.45) is 11.8 Å².